The van der Waals surface area contributed by atoms with E-state index >= 15 is 0 Å². The van der Waals surface area contributed by atoms with E-state index in [0.29, 0.717) is 6.04 Å². The number of guanidine groups is 1. The first-order valence-corrected chi connectivity index (χ1v) is 9.20. The van der Waals surface area contributed by atoms with Gasteiger partial charge in [0.05, 0.1) is 0 Å². The summed E-state index contributed by atoms with van der Waals surface area (Å²) in [7, 11) is 0. The zero-order chi connectivity index (χ0) is 18.4. The first-order valence-electron chi connectivity index (χ1n) is 9.20. The molecule has 0 unspecified atom stereocenters. The lowest BCUT2D eigenvalue weighted by atomic mass is 10.1. The molecule has 0 atom stereocenters. The molecular weight excluding hydrogens is 306 g/mol. The molecule has 25 heavy (non-hydrogen) atoms. The summed E-state index contributed by atoms with van der Waals surface area (Å²) in [5, 5.41) is 3.56. The average molecular weight is 338 g/mol. The van der Waals surface area contributed by atoms with Gasteiger partial charge in [0.1, 0.15) is 0 Å². The lowest BCUT2D eigenvalue weighted by Crippen LogP contribution is -2.42. The van der Waals surface area contributed by atoms with Crippen molar-refractivity contribution in [2.75, 3.05) is 10.2 Å². The SMILES string of the molecule is CCc1cccc(NC(=NC(C)C)N(c2cccc(C)c2)C(C)C)c1. The van der Waals surface area contributed by atoms with Crippen LogP contribution in [0.15, 0.2) is 53.5 Å². The number of hydrogen-bond donors (Lipinski definition) is 1. The molecule has 0 saturated carbocycles. The molecule has 0 bridgehead atoms. The maximum atomic E-state index is 4.89. The van der Waals surface area contributed by atoms with Crippen molar-refractivity contribution < 1.29 is 0 Å². The Hall–Kier alpha value is -2.29. The van der Waals surface area contributed by atoms with Crippen molar-refractivity contribution in [2.45, 2.75) is 60.0 Å². The van der Waals surface area contributed by atoms with E-state index in [4.69, 9.17) is 4.99 Å². The molecule has 3 heteroatoms. The summed E-state index contributed by atoms with van der Waals surface area (Å²) < 4.78 is 0. The van der Waals surface area contributed by atoms with Crippen molar-refractivity contribution in [3.63, 3.8) is 0 Å². The Kier molecular flexibility index (Phi) is 6.63. The Bertz CT molecular complexity index is 717. The minimum Gasteiger partial charge on any atom is -0.326 e. The van der Waals surface area contributed by atoms with E-state index in [9.17, 15) is 0 Å². The van der Waals surface area contributed by atoms with Crippen LogP contribution in [0.3, 0.4) is 0 Å². The number of rotatable bonds is 5. The highest BCUT2D eigenvalue weighted by molar-refractivity contribution is 6.06. The van der Waals surface area contributed by atoms with Gasteiger partial charge in [0, 0.05) is 23.5 Å². The van der Waals surface area contributed by atoms with Crippen molar-refractivity contribution in [3.05, 3.63) is 59.7 Å². The number of nitrogens with zero attached hydrogens (tertiary/aromatic N) is 2. The Morgan fingerprint density at radius 2 is 1.76 bits per heavy atom. The number of benzene rings is 2. The smallest absolute Gasteiger partial charge is 0.203 e. The van der Waals surface area contributed by atoms with Crippen LogP contribution >= 0.6 is 0 Å². The fourth-order valence-corrected chi connectivity index (χ4v) is 2.84. The second-order valence-corrected chi connectivity index (χ2v) is 7.03. The molecule has 0 aliphatic rings. The third kappa shape index (κ3) is 5.35. The summed E-state index contributed by atoms with van der Waals surface area (Å²) in [5.41, 5.74) is 4.81. The van der Waals surface area contributed by atoms with Crippen molar-refractivity contribution in [2.24, 2.45) is 4.99 Å². The van der Waals surface area contributed by atoms with Crippen molar-refractivity contribution in [1.82, 2.24) is 0 Å². The van der Waals surface area contributed by atoms with Crippen LogP contribution in [-0.4, -0.2) is 18.0 Å². The van der Waals surface area contributed by atoms with Crippen LogP contribution in [0.1, 0.15) is 45.7 Å². The number of aliphatic imine (C=N–C) groups is 1. The van der Waals surface area contributed by atoms with Gasteiger partial charge in [-0.3, -0.25) is 0 Å². The molecule has 0 aliphatic heterocycles. The topological polar surface area (TPSA) is 27.6 Å². The standard InChI is InChI=1S/C22H31N3/c1-7-19-11-9-12-20(15-19)24-22(23-16(2)3)25(17(4)5)21-13-8-10-18(6)14-21/h8-17H,7H2,1-6H3,(H,23,24). The Labute approximate surface area is 152 Å². The molecule has 0 spiro atoms. The first kappa shape index (κ1) is 19.0. The fourth-order valence-electron chi connectivity index (χ4n) is 2.84. The van der Waals surface area contributed by atoms with E-state index in [-0.39, 0.29) is 6.04 Å². The van der Waals surface area contributed by atoms with Gasteiger partial charge in [-0.1, -0.05) is 31.2 Å². The number of aryl methyl sites for hydroxylation is 2. The maximum absolute atomic E-state index is 4.89. The van der Waals surface area contributed by atoms with Crippen LogP contribution in [0.4, 0.5) is 11.4 Å². The predicted molar refractivity (Wildman–Crippen MR) is 111 cm³/mol. The fraction of sp³-hybridized carbons (Fsp3) is 0.409. The summed E-state index contributed by atoms with van der Waals surface area (Å²) >= 11 is 0. The van der Waals surface area contributed by atoms with Crippen LogP contribution in [0.25, 0.3) is 0 Å². The lowest BCUT2D eigenvalue weighted by molar-refractivity contribution is 0.778. The first-order chi connectivity index (χ1) is 11.9. The molecule has 0 radical (unpaired) electrons. The van der Waals surface area contributed by atoms with E-state index < -0.39 is 0 Å². The van der Waals surface area contributed by atoms with Gasteiger partial charge in [-0.05, 0) is 76.4 Å². The van der Waals surface area contributed by atoms with Crippen molar-refractivity contribution in [3.8, 4) is 0 Å². The Morgan fingerprint density at radius 1 is 1.04 bits per heavy atom. The lowest BCUT2D eigenvalue weighted by Gasteiger charge is -2.31. The zero-order valence-electron chi connectivity index (χ0n) is 16.4. The molecule has 1 N–H and O–H groups in total. The minimum atomic E-state index is 0.211. The number of nitrogens with one attached hydrogen (secondary N) is 1. The van der Waals surface area contributed by atoms with E-state index in [1.165, 1.54) is 11.1 Å². The van der Waals surface area contributed by atoms with E-state index in [2.05, 4.69) is 100 Å². The number of anilines is 2. The molecule has 2 aromatic carbocycles. The maximum Gasteiger partial charge on any atom is 0.203 e. The van der Waals surface area contributed by atoms with Gasteiger partial charge in [0.15, 0.2) is 0 Å². The van der Waals surface area contributed by atoms with Gasteiger partial charge >= 0.3 is 0 Å². The van der Waals surface area contributed by atoms with E-state index in [0.717, 1.165) is 23.8 Å². The molecule has 0 amide bonds. The quantitative estimate of drug-likeness (QED) is 0.564. The van der Waals surface area contributed by atoms with Crippen LogP contribution < -0.4 is 10.2 Å². The molecule has 0 saturated heterocycles. The highest BCUT2D eigenvalue weighted by Gasteiger charge is 2.18. The second kappa shape index (κ2) is 8.70. The van der Waals surface area contributed by atoms with E-state index in [1.54, 1.807) is 0 Å². The van der Waals surface area contributed by atoms with Crippen LogP contribution in [0.2, 0.25) is 0 Å². The minimum absolute atomic E-state index is 0.211. The van der Waals surface area contributed by atoms with Gasteiger partial charge in [0.2, 0.25) is 5.96 Å². The van der Waals surface area contributed by atoms with Crippen molar-refractivity contribution >= 4 is 17.3 Å². The summed E-state index contributed by atoms with van der Waals surface area (Å²) in [4.78, 5) is 7.16. The Balaban J connectivity index is 2.43. The average Bonchev–Trinajstić information content (AvgIpc) is 2.54. The predicted octanol–water partition coefficient (Wildman–Crippen LogP) is 5.65. The normalized spacial score (nSPS) is 11.9. The Morgan fingerprint density at radius 3 is 2.36 bits per heavy atom. The molecule has 0 heterocycles. The molecule has 0 aliphatic carbocycles. The van der Waals surface area contributed by atoms with Gasteiger partial charge < -0.3 is 10.2 Å². The molecule has 2 aromatic rings. The molecule has 0 fully saturated rings. The molecule has 3 nitrogen and oxygen atoms in total. The molecule has 2 rings (SSSR count). The summed E-state index contributed by atoms with van der Waals surface area (Å²) in [6.07, 6.45) is 1.03. The largest absolute Gasteiger partial charge is 0.326 e. The van der Waals surface area contributed by atoms with Gasteiger partial charge in [0.25, 0.3) is 0 Å². The summed E-state index contributed by atoms with van der Waals surface area (Å²) in [6.45, 7) is 12.9. The highest BCUT2D eigenvalue weighted by atomic mass is 15.3. The van der Waals surface area contributed by atoms with E-state index in [1.807, 2.05) is 0 Å². The third-order valence-corrected chi connectivity index (χ3v) is 4.00. The van der Waals surface area contributed by atoms with Crippen molar-refractivity contribution in [1.29, 1.82) is 0 Å². The highest BCUT2D eigenvalue weighted by Crippen LogP contribution is 2.21. The molecular formula is C22H31N3. The van der Waals surface area contributed by atoms with Gasteiger partial charge in [-0.2, -0.15) is 0 Å². The number of hydrogen-bond acceptors (Lipinski definition) is 1. The second-order valence-electron chi connectivity index (χ2n) is 7.03. The van der Waals surface area contributed by atoms with Gasteiger partial charge in [-0.15, -0.1) is 0 Å². The van der Waals surface area contributed by atoms with Crippen LogP contribution in [-0.2, 0) is 6.42 Å². The van der Waals surface area contributed by atoms with Crippen LogP contribution in [0, 0.1) is 6.92 Å². The summed E-state index contributed by atoms with van der Waals surface area (Å²) in [5.74, 6) is 0.892. The van der Waals surface area contributed by atoms with Crippen LogP contribution in [0.5, 0.6) is 0 Å². The third-order valence-electron chi connectivity index (χ3n) is 4.00. The molecule has 134 valence electrons. The summed E-state index contributed by atoms with van der Waals surface area (Å²) in [6, 6.07) is 17.6. The monoisotopic (exact) mass is 337 g/mol. The van der Waals surface area contributed by atoms with Gasteiger partial charge in [-0.25, -0.2) is 4.99 Å². The molecule has 0 aromatic heterocycles. The zero-order valence-corrected chi connectivity index (χ0v) is 16.4.